The molecule has 1 aromatic carbocycles. The monoisotopic (exact) mass is 315 g/mol. The molecule has 6 heteroatoms. The van der Waals surface area contributed by atoms with E-state index in [1.165, 1.54) is 0 Å². The van der Waals surface area contributed by atoms with Crippen LogP contribution < -0.4 is 5.32 Å². The summed E-state index contributed by atoms with van der Waals surface area (Å²) in [4.78, 5) is 14.5. The molecule has 0 aliphatic carbocycles. The number of carbonyl (C=O) groups is 1. The van der Waals surface area contributed by atoms with Crippen LogP contribution in [0, 0.1) is 13.8 Å². The largest absolute Gasteiger partial charge is 0.379 e. The molecule has 1 saturated heterocycles. The molecule has 0 unspecified atom stereocenters. The van der Waals surface area contributed by atoms with Crippen LogP contribution in [0.15, 0.2) is 28.8 Å². The Morgan fingerprint density at radius 3 is 2.78 bits per heavy atom. The molecule has 3 rings (SSSR count). The van der Waals surface area contributed by atoms with Gasteiger partial charge in [0.2, 0.25) is 0 Å². The summed E-state index contributed by atoms with van der Waals surface area (Å²) in [5.74, 6) is 0.437. The zero-order valence-electron chi connectivity index (χ0n) is 13.5. The molecular formula is C17H21N3O3. The summed E-state index contributed by atoms with van der Waals surface area (Å²) in [5, 5.41) is 6.76. The quantitative estimate of drug-likeness (QED) is 0.938. The van der Waals surface area contributed by atoms with Gasteiger partial charge in [0.05, 0.1) is 19.8 Å². The van der Waals surface area contributed by atoms with E-state index in [4.69, 9.17) is 9.26 Å². The van der Waals surface area contributed by atoms with Crippen molar-refractivity contribution in [1.29, 1.82) is 0 Å². The molecule has 1 N–H and O–H groups in total. The van der Waals surface area contributed by atoms with E-state index in [0.717, 1.165) is 43.1 Å². The fourth-order valence-corrected chi connectivity index (χ4v) is 2.61. The van der Waals surface area contributed by atoms with Crippen LogP contribution in [0.5, 0.6) is 0 Å². The van der Waals surface area contributed by atoms with E-state index in [1.54, 1.807) is 6.07 Å². The lowest BCUT2D eigenvalue weighted by Crippen LogP contribution is -2.35. The number of morpholine rings is 1. The maximum absolute atomic E-state index is 12.3. The Hall–Kier alpha value is -2.18. The van der Waals surface area contributed by atoms with Gasteiger partial charge in [0.25, 0.3) is 5.91 Å². The van der Waals surface area contributed by atoms with E-state index in [9.17, 15) is 4.79 Å². The van der Waals surface area contributed by atoms with Gasteiger partial charge in [-0.2, -0.15) is 0 Å². The van der Waals surface area contributed by atoms with Crippen molar-refractivity contribution < 1.29 is 14.1 Å². The number of anilines is 1. The van der Waals surface area contributed by atoms with Crippen molar-refractivity contribution >= 4 is 11.6 Å². The number of carbonyl (C=O) groups excluding carboxylic acids is 1. The van der Waals surface area contributed by atoms with Gasteiger partial charge in [-0.1, -0.05) is 22.9 Å². The van der Waals surface area contributed by atoms with Gasteiger partial charge in [0, 0.05) is 24.8 Å². The van der Waals surface area contributed by atoms with Crippen molar-refractivity contribution in [2.75, 3.05) is 31.6 Å². The molecule has 0 atom stereocenters. The van der Waals surface area contributed by atoms with E-state index < -0.39 is 0 Å². The SMILES string of the molecule is Cc1ccc(NC(=O)c2cc(CN3CCOCC3)on2)c(C)c1. The number of aromatic nitrogens is 1. The number of aryl methyl sites for hydroxylation is 2. The van der Waals surface area contributed by atoms with Crippen LogP contribution in [0.25, 0.3) is 0 Å². The predicted octanol–water partition coefficient (Wildman–Crippen LogP) is 2.38. The van der Waals surface area contributed by atoms with Crippen LogP contribution in [0.3, 0.4) is 0 Å². The topological polar surface area (TPSA) is 67.6 Å². The minimum Gasteiger partial charge on any atom is -0.379 e. The lowest BCUT2D eigenvalue weighted by Gasteiger charge is -2.25. The van der Waals surface area contributed by atoms with Crippen LogP contribution in [0.4, 0.5) is 5.69 Å². The molecule has 1 amide bonds. The number of ether oxygens (including phenoxy) is 1. The number of amides is 1. The molecule has 0 radical (unpaired) electrons. The van der Waals surface area contributed by atoms with Crippen LogP contribution in [0.2, 0.25) is 0 Å². The summed E-state index contributed by atoms with van der Waals surface area (Å²) < 4.78 is 10.6. The van der Waals surface area contributed by atoms with E-state index in [1.807, 2.05) is 32.0 Å². The normalized spacial score (nSPS) is 15.6. The van der Waals surface area contributed by atoms with Gasteiger partial charge in [0.15, 0.2) is 11.5 Å². The van der Waals surface area contributed by atoms with Crippen LogP contribution in [-0.4, -0.2) is 42.3 Å². The van der Waals surface area contributed by atoms with Gasteiger partial charge < -0.3 is 14.6 Å². The van der Waals surface area contributed by atoms with E-state index in [2.05, 4.69) is 15.4 Å². The van der Waals surface area contributed by atoms with Crippen molar-refractivity contribution in [1.82, 2.24) is 10.1 Å². The first-order valence-corrected chi connectivity index (χ1v) is 7.76. The number of rotatable bonds is 4. The molecule has 2 heterocycles. The smallest absolute Gasteiger partial charge is 0.277 e. The molecule has 0 bridgehead atoms. The van der Waals surface area contributed by atoms with Crippen LogP contribution >= 0.6 is 0 Å². The molecular weight excluding hydrogens is 294 g/mol. The minimum absolute atomic E-state index is 0.256. The van der Waals surface area contributed by atoms with Gasteiger partial charge in [-0.3, -0.25) is 9.69 Å². The maximum Gasteiger partial charge on any atom is 0.277 e. The first-order valence-electron chi connectivity index (χ1n) is 7.76. The molecule has 1 aliphatic rings. The standard InChI is InChI=1S/C17H21N3O3/c1-12-3-4-15(13(2)9-12)18-17(21)16-10-14(23-19-16)11-20-5-7-22-8-6-20/h3-4,9-10H,5-8,11H2,1-2H3,(H,18,21). The molecule has 0 spiro atoms. The third-order valence-electron chi connectivity index (χ3n) is 3.90. The lowest BCUT2D eigenvalue weighted by molar-refractivity contribution is 0.0305. The van der Waals surface area contributed by atoms with Crippen molar-refractivity contribution in [2.45, 2.75) is 20.4 Å². The number of nitrogens with zero attached hydrogens (tertiary/aromatic N) is 2. The lowest BCUT2D eigenvalue weighted by atomic mass is 10.1. The highest BCUT2D eigenvalue weighted by Gasteiger charge is 2.17. The van der Waals surface area contributed by atoms with Crippen LogP contribution in [0.1, 0.15) is 27.4 Å². The first kappa shape index (κ1) is 15.7. The molecule has 23 heavy (non-hydrogen) atoms. The fraction of sp³-hybridized carbons (Fsp3) is 0.412. The summed E-state index contributed by atoms with van der Waals surface area (Å²) in [7, 11) is 0. The fourth-order valence-electron chi connectivity index (χ4n) is 2.61. The average molecular weight is 315 g/mol. The maximum atomic E-state index is 12.3. The Labute approximate surface area is 135 Å². The summed E-state index contributed by atoms with van der Waals surface area (Å²) in [5.41, 5.74) is 3.27. The summed E-state index contributed by atoms with van der Waals surface area (Å²) in [6, 6.07) is 7.60. The van der Waals surface area contributed by atoms with Gasteiger partial charge >= 0.3 is 0 Å². The third kappa shape index (κ3) is 3.97. The molecule has 1 aliphatic heterocycles. The molecule has 1 fully saturated rings. The van der Waals surface area contributed by atoms with Crippen molar-refractivity contribution in [3.63, 3.8) is 0 Å². The average Bonchev–Trinajstić information content (AvgIpc) is 3.00. The van der Waals surface area contributed by atoms with Gasteiger partial charge in [-0.25, -0.2) is 0 Å². The second kappa shape index (κ2) is 6.93. The zero-order chi connectivity index (χ0) is 16.2. The third-order valence-corrected chi connectivity index (χ3v) is 3.90. The van der Waals surface area contributed by atoms with Crippen molar-refractivity contribution in [3.05, 3.63) is 46.8 Å². The second-order valence-electron chi connectivity index (χ2n) is 5.84. The molecule has 122 valence electrons. The van der Waals surface area contributed by atoms with Gasteiger partial charge in [0.1, 0.15) is 0 Å². The predicted molar refractivity (Wildman–Crippen MR) is 86.5 cm³/mol. The molecule has 1 aromatic heterocycles. The Morgan fingerprint density at radius 2 is 2.04 bits per heavy atom. The zero-order valence-corrected chi connectivity index (χ0v) is 13.5. The summed E-state index contributed by atoms with van der Waals surface area (Å²) >= 11 is 0. The molecule has 6 nitrogen and oxygen atoms in total. The Morgan fingerprint density at radius 1 is 1.26 bits per heavy atom. The highest BCUT2D eigenvalue weighted by molar-refractivity contribution is 6.03. The molecule has 2 aromatic rings. The van der Waals surface area contributed by atoms with E-state index >= 15 is 0 Å². The number of benzene rings is 1. The molecule has 0 saturated carbocycles. The highest BCUT2D eigenvalue weighted by atomic mass is 16.5. The minimum atomic E-state index is -0.256. The first-order chi connectivity index (χ1) is 11.1. The highest BCUT2D eigenvalue weighted by Crippen LogP contribution is 2.17. The van der Waals surface area contributed by atoms with Crippen molar-refractivity contribution in [2.24, 2.45) is 0 Å². The van der Waals surface area contributed by atoms with E-state index in [-0.39, 0.29) is 5.91 Å². The number of hydrogen-bond donors (Lipinski definition) is 1. The van der Waals surface area contributed by atoms with Gasteiger partial charge in [-0.05, 0) is 25.5 Å². The summed E-state index contributed by atoms with van der Waals surface area (Å²) in [6.45, 7) is 7.83. The number of hydrogen-bond acceptors (Lipinski definition) is 5. The Kier molecular flexibility index (Phi) is 4.73. The van der Waals surface area contributed by atoms with Crippen LogP contribution in [-0.2, 0) is 11.3 Å². The Balaban J connectivity index is 1.63. The number of nitrogens with one attached hydrogen (secondary N) is 1. The van der Waals surface area contributed by atoms with Gasteiger partial charge in [-0.15, -0.1) is 0 Å². The second-order valence-corrected chi connectivity index (χ2v) is 5.84. The van der Waals surface area contributed by atoms with Crippen molar-refractivity contribution in [3.8, 4) is 0 Å². The Bertz CT molecular complexity index is 690. The summed E-state index contributed by atoms with van der Waals surface area (Å²) in [6.07, 6.45) is 0. The van der Waals surface area contributed by atoms with E-state index in [0.29, 0.717) is 18.0 Å².